The number of nitrogens with two attached hydrogens (primary N) is 1. The number of rotatable bonds is 12. The molecule has 0 amide bonds. The van der Waals surface area contributed by atoms with Gasteiger partial charge in [-0.15, -0.1) is 4.91 Å². The summed E-state index contributed by atoms with van der Waals surface area (Å²) in [5.74, 6) is -1.53. The summed E-state index contributed by atoms with van der Waals surface area (Å²) < 4.78 is 45.3. The number of aromatic nitrogens is 2. The minimum Gasteiger partial charge on any atom is -0.394 e. The Morgan fingerprint density at radius 3 is 2.73 bits per heavy atom. The zero-order chi connectivity index (χ0) is 28.6. The first-order valence-electron chi connectivity index (χ1n) is 13.4. The third-order valence-electron chi connectivity index (χ3n) is 7.25. The van der Waals surface area contributed by atoms with Gasteiger partial charge in [0.1, 0.15) is 17.9 Å². The highest BCUT2D eigenvalue weighted by molar-refractivity contribution is 7.99. The van der Waals surface area contributed by atoms with Crippen LogP contribution in [-0.4, -0.2) is 70.2 Å². The van der Waals surface area contributed by atoms with E-state index in [-0.39, 0.29) is 36.7 Å². The molecule has 1 aliphatic heterocycles. The van der Waals surface area contributed by atoms with E-state index in [0.717, 1.165) is 18.2 Å². The smallest absolute Gasteiger partial charge is 0.191 e. The molecule has 2 saturated carbocycles. The van der Waals surface area contributed by atoms with Gasteiger partial charge in [-0.3, -0.25) is 0 Å². The quantitative estimate of drug-likeness (QED) is 0.145. The molecule has 0 spiro atoms. The highest BCUT2D eigenvalue weighted by Gasteiger charge is 2.57. The topological polar surface area (TPSA) is 144 Å². The fourth-order valence-corrected chi connectivity index (χ4v) is 6.09. The van der Waals surface area contributed by atoms with Crippen LogP contribution in [0.2, 0.25) is 0 Å². The zero-order valence-corrected chi connectivity index (χ0v) is 23.4. The molecule has 40 heavy (non-hydrogen) atoms. The number of nitrogens with one attached hydrogen (secondary N) is 1. The Kier molecular flexibility index (Phi) is 8.43. The van der Waals surface area contributed by atoms with E-state index < -0.39 is 41.8 Å². The van der Waals surface area contributed by atoms with Gasteiger partial charge in [0.15, 0.2) is 34.2 Å². The summed E-state index contributed by atoms with van der Waals surface area (Å²) >= 11 is 1.42. The van der Waals surface area contributed by atoms with E-state index in [4.69, 9.17) is 19.9 Å². The number of thioether (sulfide) groups is 1. The molecule has 1 aromatic carbocycles. The van der Waals surface area contributed by atoms with Crippen molar-refractivity contribution in [1.82, 2.24) is 9.97 Å². The summed E-state index contributed by atoms with van der Waals surface area (Å²) in [6.07, 6.45) is 0.411. The van der Waals surface area contributed by atoms with Crippen LogP contribution in [0.4, 0.5) is 26.1 Å². The van der Waals surface area contributed by atoms with Gasteiger partial charge in [0.2, 0.25) is 0 Å². The van der Waals surface area contributed by atoms with Crippen LogP contribution < -0.4 is 16.1 Å². The number of nitrogens with zero attached hydrogens (tertiary/aromatic N) is 4. The first kappa shape index (κ1) is 28.9. The lowest BCUT2D eigenvalue weighted by molar-refractivity contribution is -0.168. The summed E-state index contributed by atoms with van der Waals surface area (Å²) in [5.41, 5.74) is 7.36. The fourth-order valence-electron chi connectivity index (χ4n) is 5.39. The maximum Gasteiger partial charge on any atom is 0.191 e. The van der Waals surface area contributed by atoms with E-state index >= 15 is 0 Å². The van der Waals surface area contributed by atoms with Gasteiger partial charge < -0.3 is 30.4 Å². The first-order valence-corrected chi connectivity index (χ1v) is 14.4. The molecule has 218 valence electrons. The van der Waals surface area contributed by atoms with Crippen molar-refractivity contribution >= 4 is 29.1 Å². The number of anilines is 3. The molecule has 2 heterocycles. The number of ether oxygens (including phenoxy) is 3. The minimum absolute atomic E-state index is 0.0498. The highest BCUT2D eigenvalue weighted by atomic mass is 32.2. The molecule has 4 N–H and O–H groups in total. The summed E-state index contributed by atoms with van der Waals surface area (Å²) in [7, 11) is 0. The lowest BCUT2D eigenvalue weighted by Gasteiger charge is -2.28. The molecule has 6 atom stereocenters. The van der Waals surface area contributed by atoms with Gasteiger partial charge in [-0.25, -0.2) is 23.8 Å². The second-order valence-electron chi connectivity index (χ2n) is 10.6. The van der Waals surface area contributed by atoms with Gasteiger partial charge in [-0.05, 0) is 44.4 Å². The Bertz CT molecular complexity index is 1240. The monoisotopic (exact) mass is 580 g/mol. The van der Waals surface area contributed by atoms with Crippen molar-refractivity contribution in [1.29, 1.82) is 0 Å². The zero-order valence-electron chi connectivity index (χ0n) is 22.5. The second kappa shape index (κ2) is 11.7. The predicted molar refractivity (Wildman–Crippen MR) is 146 cm³/mol. The summed E-state index contributed by atoms with van der Waals surface area (Å²) in [4.78, 5) is 21.6. The lowest BCUT2D eigenvalue weighted by Crippen LogP contribution is -2.41. The Balaban J connectivity index is 1.43. The number of nitrogen functional groups attached to an aromatic ring is 1. The number of halogens is 2. The van der Waals surface area contributed by atoms with Crippen molar-refractivity contribution in [3.8, 4) is 0 Å². The van der Waals surface area contributed by atoms with Gasteiger partial charge in [0.25, 0.3) is 0 Å². The lowest BCUT2D eigenvalue weighted by atomic mass is 10.1. The van der Waals surface area contributed by atoms with Crippen LogP contribution >= 0.6 is 11.8 Å². The van der Waals surface area contributed by atoms with Gasteiger partial charge in [-0.2, -0.15) is 0 Å². The standard InChI is InChI=1S/C26H34F2N6O5S/c1-4-9-40-25-31-23(30-17-11-14(17)13-5-6-15(27)16(28)10-13)20(29)24(32-25)34(33-36)18-12-19(37-8-7-35)22-21(18)38-26(2,3)39-22/h5-6,10,14,17-19,21-22,35H,4,7-9,11-12,29H2,1-3H3,(H,30,31,32)/t14-,17+,18+,19-,21-,22+/m0/s1. The molecular formula is C26H34F2N6O5S. The highest BCUT2D eigenvalue weighted by Crippen LogP contribution is 2.46. The largest absolute Gasteiger partial charge is 0.394 e. The predicted octanol–water partition coefficient (Wildman–Crippen LogP) is 3.96. The number of hydrogen-bond donors (Lipinski definition) is 3. The van der Waals surface area contributed by atoms with E-state index in [1.165, 1.54) is 22.8 Å². The van der Waals surface area contributed by atoms with Crippen molar-refractivity contribution in [3.05, 3.63) is 40.3 Å². The van der Waals surface area contributed by atoms with Gasteiger partial charge >= 0.3 is 0 Å². The van der Waals surface area contributed by atoms with Crippen LogP contribution in [0.5, 0.6) is 0 Å². The van der Waals surface area contributed by atoms with Crippen LogP contribution in [0, 0.1) is 16.5 Å². The van der Waals surface area contributed by atoms with Crippen molar-refractivity contribution in [3.63, 3.8) is 0 Å². The van der Waals surface area contributed by atoms with E-state index in [9.17, 15) is 18.8 Å². The van der Waals surface area contributed by atoms with Crippen molar-refractivity contribution in [2.75, 3.05) is 35.0 Å². The molecule has 14 heteroatoms. The van der Waals surface area contributed by atoms with Crippen LogP contribution in [-0.2, 0) is 14.2 Å². The summed E-state index contributed by atoms with van der Waals surface area (Å²) in [5, 5.41) is 17.5. The molecule has 0 radical (unpaired) electrons. The number of nitroso groups, excluding NO2 is 1. The molecule has 1 saturated heterocycles. The third-order valence-corrected chi connectivity index (χ3v) is 8.30. The Hall–Kier alpha value is -2.65. The van der Waals surface area contributed by atoms with Crippen molar-refractivity contribution in [2.45, 2.75) is 87.3 Å². The van der Waals surface area contributed by atoms with Crippen LogP contribution in [0.25, 0.3) is 0 Å². The molecule has 0 bridgehead atoms. The van der Waals surface area contributed by atoms with E-state index in [2.05, 4.69) is 20.6 Å². The normalized spacial score (nSPS) is 28.4. The molecule has 2 aliphatic carbocycles. The van der Waals surface area contributed by atoms with E-state index in [1.54, 1.807) is 19.9 Å². The number of hydrogen-bond acceptors (Lipinski definition) is 11. The SMILES string of the molecule is CCCSc1nc(N[C@@H]2C[C@H]2c2ccc(F)c(F)c2)c(N)c(N(N=O)[C@@H]2C[C@H](OCCO)[C@H]3OC(C)(C)O[C@H]32)n1. The molecule has 2 aromatic rings. The summed E-state index contributed by atoms with van der Waals surface area (Å²) in [6, 6.07) is 3.17. The Morgan fingerprint density at radius 2 is 2.02 bits per heavy atom. The maximum atomic E-state index is 13.8. The van der Waals surface area contributed by atoms with Crippen LogP contribution in [0.15, 0.2) is 28.6 Å². The molecule has 1 aromatic heterocycles. The number of aliphatic hydroxyl groups excluding tert-OH is 1. The van der Waals surface area contributed by atoms with Crippen molar-refractivity contribution in [2.24, 2.45) is 5.29 Å². The van der Waals surface area contributed by atoms with E-state index in [1.807, 2.05) is 6.92 Å². The second-order valence-corrected chi connectivity index (χ2v) is 11.7. The van der Waals surface area contributed by atoms with E-state index in [0.29, 0.717) is 29.4 Å². The number of benzene rings is 1. The Labute approximate surface area is 235 Å². The van der Waals surface area contributed by atoms with Crippen LogP contribution in [0.3, 0.4) is 0 Å². The minimum atomic E-state index is -0.906. The molecule has 0 unspecified atom stereocenters. The van der Waals surface area contributed by atoms with Gasteiger partial charge in [0.05, 0.1) is 30.6 Å². The molecular weight excluding hydrogens is 546 g/mol. The number of aliphatic hydroxyl groups is 1. The number of fused-ring (bicyclic) bond motifs is 1. The average Bonchev–Trinajstić information content (AvgIpc) is 3.51. The fraction of sp³-hybridized carbons (Fsp3) is 0.615. The average molecular weight is 581 g/mol. The van der Waals surface area contributed by atoms with Crippen LogP contribution in [0.1, 0.15) is 51.5 Å². The summed E-state index contributed by atoms with van der Waals surface area (Å²) in [6.45, 7) is 5.55. The third kappa shape index (κ3) is 5.86. The van der Waals surface area contributed by atoms with Crippen molar-refractivity contribution < 1.29 is 28.1 Å². The molecule has 3 fully saturated rings. The first-order chi connectivity index (χ1) is 19.2. The van der Waals surface area contributed by atoms with Gasteiger partial charge in [0, 0.05) is 24.1 Å². The maximum absolute atomic E-state index is 13.8. The molecule has 3 aliphatic rings. The molecule has 5 rings (SSSR count). The Morgan fingerprint density at radius 1 is 1.25 bits per heavy atom. The van der Waals surface area contributed by atoms with Gasteiger partial charge in [-0.1, -0.05) is 24.8 Å². The molecule has 11 nitrogen and oxygen atoms in total.